The molecule has 0 saturated heterocycles. The minimum atomic E-state index is -0.0934. The van der Waals surface area contributed by atoms with Crippen molar-refractivity contribution in [3.05, 3.63) is 59.0 Å². The third-order valence-electron chi connectivity index (χ3n) is 4.39. The number of rotatable bonds is 2. The monoisotopic (exact) mass is 306 g/mol. The Bertz CT molecular complexity index is 897. The summed E-state index contributed by atoms with van der Waals surface area (Å²) in [6.07, 6.45) is 4.37. The predicted molar refractivity (Wildman–Crippen MR) is 90.6 cm³/mol. The fraction of sp³-hybridized carbons (Fsp3) is 0.222. The van der Waals surface area contributed by atoms with E-state index < -0.39 is 0 Å². The van der Waals surface area contributed by atoms with Crippen LogP contribution in [-0.2, 0) is 13.0 Å². The van der Waals surface area contributed by atoms with Crippen LogP contribution in [0.4, 0.5) is 5.69 Å². The molecule has 4 rings (SSSR count). The van der Waals surface area contributed by atoms with E-state index in [1.54, 1.807) is 6.20 Å². The smallest absolute Gasteiger partial charge is 0.257 e. The van der Waals surface area contributed by atoms with Crippen LogP contribution in [0.3, 0.4) is 0 Å². The Labute approximate surface area is 134 Å². The van der Waals surface area contributed by atoms with Gasteiger partial charge in [0.1, 0.15) is 0 Å². The number of carbonyl (C=O) groups excluding carboxylic acids is 1. The van der Waals surface area contributed by atoms with Gasteiger partial charge in [0.15, 0.2) is 0 Å². The summed E-state index contributed by atoms with van der Waals surface area (Å²) in [6, 6.07) is 7.98. The number of nitrogens with one attached hydrogen (secondary N) is 3. The third-order valence-corrected chi connectivity index (χ3v) is 4.39. The number of carbonyl (C=O) groups is 1. The molecule has 0 radical (unpaired) electrons. The van der Waals surface area contributed by atoms with Gasteiger partial charge in [0.05, 0.1) is 11.3 Å². The minimum Gasteiger partial charge on any atom is -0.357 e. The first-order valence-corrected chi connectivity index (χ1v) is 7.79. The summed E-state index contributed by atoms with van der Waals surface area (Å²) in [5.41, 5.74) is 5.72. The molecule has 0 fully saturated rings. The molecule has 3 aromatic rings. The summed E-state index contributed by atoms with van der Waals surface area (Å²) in [7, 11) is 0. The lowest BCUT2D eigenvalue weighted by atomic mass is 9.98. The Hall–Kier alpha value is -2.66. The molecule has 0 aliphatic carbocycles. The molecule has 1 aromatic carbocycles. The Morgan fingerprint density at radius 3 is 3.04 bits per heavy atom. The molecule has 1 aliphatic heterocycles. The molecule has 2 aromatic heterocycles. The van der Waals surface area contributed by atoms with Crippen molar-refractivity contribution >= 4 is 22.5 Å². The largest absolute Gasteiger partial charge is 0.357 e. The third kappa shape index (κ3) is 2.39. The molecule has 1 aliphatic rings. The van der Waals surface area contributed by atoms with E-state index in [4.69, 9.17) is 0 Å². The van der Waals surface area contributed by atoms with Gasteiger partial charge in [-0.3, -0.25) is 9.78 Å². The molecule has 0 atom stereocenters. The highest BCUT2D eigenvalue weighted by molar-refractivity contribution is 6.10. The van der Waals surface area contributed by atoms with Crippen LogP contribution in [0, 0.1) is 6.92 Å². The van der Waals surface area contributed by atoms with E-state index in [9.17, 15) is 4.79 Å². The maximum Gasteiger partial charge on any atom is 0.257 e. The first-order valence-electron chi connectivity index (χ1n) is 7.79. The molecule has 0 unspecified atom stereocenters. The zero-order valence-corrected chi connectivity index (χ0v) is 12.9. The van der Waals surface area contributed by atoms with E-state index in [-0.39, 0.29) is 5.91 Å². The molecule has 3 N–H and O–H groups in total. The molecule has 5 nitrogen and oxygen atoms in total. The number of benzene rings is 1. The second-order valence-electron chi connectivity index (χ2n) is 5.88. The van der Waals surface area contributed by atoms with Gasteiger partial charge in [0.2, 0.25) is 0 Å². The van der Waals surface area contributed by atoms with Crippen molar-refractivity contribution in [1.29, 1.82) is 0 Å². The van der Waals surface area contributed by atoms with E-state index in [0.29, 0.717) is 5.56 Å². The van der Waals surface area contributed by atoms with Crippen LogP contribution in [-0.4, -0.2) is 22.4 Å². The SMILES string of the molecule is Cc1[nH]c2ccccc2c1NC(=O)c1cncc2c1CCNC2. The summed E-state index contributed by atoms with van der Waals surface area (Å²) >= 11 is 0. The van der Waals surface area contributed by atoms with Gasteiger partial charge in [-0.15, -0.1) is 0 Å². The van der Waals surface area contributed by atoms with E-state index in [2.05, 4.69) is 20.6 Å². The average molecular weight is 306 g/mol. The minimum absolute atomic E-state index is 0.0934. The summed E-state index contributed by atoms with van der Waals surface area (Å²) in [5, 5.41) is 7.40. The number of fused-ring (bicyclic) bond motifs is 2. The number of anilines is 1. The Balaban J connectivity index is 1.72. The fourth-order valence-electron chi connectivity index (χ4n) is 3.23. The second-order valence-corrected chi connectivity index (χ2v) is 5.88. The molecule has 3 heterocycles. The lowest BCUT2D eigenvalue weighted by Crippen LogP contribution is -2.27. The van der Waals surface area contributed by atoms with Crippen molar-refractivity contribution in [3.8, 4) is 0 Å². The molecule has 0 saturated carbocycles. The Morgan fingerprint density at radius 1 is 1.26 bits per heavy atom. The fourth-order valence-corrected chi connectivity index (χ4v) is 3.23. The van der Waals surface area contributed by atoms with E-state index >= 15 is 0 Å². The van der Waals surface area contributed by atoms with Crippen molar-refractivity contribution in [2.75, 3.05) is 11.9 Å². The zero-order chi connectivity index (χ0) is 15.8. The summed E-state index contributed by atoms with van der Waals surface area (Å²) in [6.45, 7) is 3.64. The van der Waals surface area contributed by atoms with Gasteiger partial charge in [0.25, 0.3) is 5.91 Å². The number of nitrogens with zero attached hydrogens (tertiary/aromatic N) is 1. The summed E-state index contributed by atoms with van der Waals surface area (Å²) in [4.78, 5) is 20.3. The van der Waals surface area contributed by atoms with Crippen molar-refractivity contribution in [1.82, 2.24) is 15.3 Å². The van der Waals surface area contributed by atoms with Gasteiger partial charge in [-0.2, -0.15) is 0 Å². The number of para-hydroxylation sites is 1. The molecule has 1 amide bonds. The van der Waals surface area contributed by atoms with Crippen molar-refractivity contribution in [2.24, 2.45) is 0 Å². The molecular weight excluding hydrogens is 288 g/mol. The van der Waals surface area contributed by atoms with Crippen LogP contribution in [0.15, 0.2) is 36.7 Å². The number of aromatic amines is 1. The quantitative estimate of drug-likeness (QED) is 0.682. The first-order chi connectivity index (χ1) is 11.2. The number of amides is 1. The maximum atomic E-state index is 12.8. The molecule has 0 spiro atoms. The standard InChI is InChI=1S/C18H18N4O/c1-11-17(14-4-2-3-5-16(14)21-11)22-18(23)15-10-20-9-12-8-19-7-6-13(12)15/h2-5,9-10,19,21H,6-8H2,1H3,(H,22,23). The first kappa shape index (κ1) is 14.0. The number of H-pyrrole nitrogens is 1. The van der Waals surface area contributed by atoms with Gasteiger partial charge in [-0.1, -0.05) is 18.2 Å². The van der Waals surface area contributed by atoms with Gasteiger partial charge in [-0.05, 0) is 37.1 Å². The second kappa shape index (κ2) is 5.52. The number of pyridine rings is 1. The molecule has 116 valence electrons. The van der Waals surface area contributed by atoms with E-state index in [1.165, 1.54) is 0 Å². The van der Waals surface area contributed by atoms with Crippen LogP contribution in [0.25, 0.3) is 10.9 Å². The zero-order valence-electron chi connectivity index (χ0n) is 12.9. The average Bonchev–Trinajstić information content (AvgIpc) is 2.90. The Kier molecular flexibility index (Phi) is 3.35. The normalized spacial score (nSPS) is 13.8. The highest BCUT2D eigenvalue weighted by atomic mass is 16.1. The number of aromatic nitrogens is 2. The molecule has 23 heavy (non-hydrogen) atoms. The van der Waals surface area contributed by atoms with E-state index in [1.807, 2.05) is 37.4 Å². The maximum absolute atomic E-state index is 12.8. The summed E-state index contributed by atoms with van der Waals surface area (Å²) in [5.74, 6) is -0.0934. The van der Waals surface area contributed by atoms with Gasteiger partial charge in [0, 0.05) is 35.5 Å². The van der Waals surface area contributed by atoms with Crippen LogP contribution < -0.4 is 10.6 Å². The van der Waals surface area contributed by atoms with Gasteiger partial charge in [-0.25, -0.2) is 0 Å². The highest BCUT2D eigenvalue weighted by Gasteiger charge is 2.19. The summed E-state index contributed by atoms with van der Waals surface area (Å²) < 4.78 is 0. The van der Waals surface area contributed by atoms with Crippen LogP contribution in [0.2, 0.25) is 0 Å². The lowest BCUT2D eigenvalue weighted by Gasteiger charge is -2.19. The van der Waals surface area contributed by atoms with Crippen LogP contribution >= 0.6 is 0 Å². The number of aryl methyl sites for hydroxylation is 1. The van der Waals surface area contributed by atoms with Crippen LogP contribution in [0.5, 0.6) is 0 Å². The topological polar surface area (TPSA) is 69.8 Å². The molecular formula is C18H18N4O. The lowest BCUT2D eigenvalue weighted by molar-refractivity contribution is 0.102. The highest BCUT2D eigenvalue weighted by Crippen LogP contribution is 2.28. The molecule has 0 bridgehead atoms. The predicted octanol–water partition coefficient (Wildman–Crippen LogP) is 2.77. The van der Waals surface area contributed by atoms with Crippen molar-refractivity contribution in [2.45, 2.75) is 19.9 Å². The van der Waals surface area contributed by atoms with Crippen LogP contribution in [0.1, 0.15) is 27.2 Å². The van der Waals surface area contributed by atoms with Crippen molar-refractivity contribution < 1.29 is 4.79 Å². The molecule has 5 heteroatoms. The van der Waals surface area contributed by atoms with E-state index in [0.717, 1.165) is 52.9 Å². The van der Waals surface area contributed by atoms with Crippen molar-refractivity contribution in [3.63, 3.8) is 0 Å². The number of hydrogen-bond acceptors (Lipinski definition) is 3. The van der Waals surface area contributed by atoms with Gasteiger partial charge >= 0.3 is 0 Å². The van der Waals surface area contributed by atoms with Gasteiger partial charge < -0.3 is 15.6 Å². The number of hydrogen-bond donors (Lipinski definition) is 3. The Morgan fingerprint density at radius 2 is 2.13 bits per heavy atom.